The van der Waals surface area contributed by atoms with Crippen molar-refractivity contribution in [2.45, 2.75) is 11.8 Å². The number of nitrogens with zero attached hydrogens (tertiary/aromatic N) is 4. The van der Waals surface area contributed by atoms with Gasteiger partial charge in [0.25, 0.3) is 11.6 Å². The molecule has 0 radical (unpaired) electrons. The van der Waals surface area contributed by atoms with Crippen LogP contribution in [0.3, 0.4) is 0 Å². The molecule has 164 valence electrons. The smallest absolute Gasteiger partial charge is 0.270 e. The predicted octanol–water partition coefficient (Wildman–Crippen LogP) is 3.21. The number of anilines is 1. The van der Waals surface area contributed by atoms with Gasteiger partial charge in [0.2, 0.25) is 0 Å². The summed E-state index contributed by atoms with van der Waals surface area (Å²) < 4.78 is 25.1. The van der Waals surface area contributed by atoms with Crippen molar-refractivity contribution in [2.75, 3.05) is 37.8 Å². The minimum Gasteiger partial charge on any atom is -0.308 e. The van der Waals surface area contributed by atoms with E-state index in [2.05, 4.69) is 4.98 Å². The minimum atomic E-state index is -3.46. The molecule has 3 aromatic rings. The molecule has 1 amide bonds. The van der Waals surface area contributed by atoms with Crippen LogP contribution < -0.4 is 4.90 Å². The Labute approximate surface area is 184 Å². The molecule has 0 unspecified atom stereocenters. The lowest BCUT2D eigenvalue weighted by atomic mass is 10.2. The van der Waals surface area contributed by atoms with Gasteiger partial charge >= 0.3 is 0 Å². The quantitative estimate of drug-likeness (QED) is 0.373. The molecule has 0 aliphatic heterocycles. The summed E-state index contributed by atoms with van der Waals surface area (Å²) in [5.41, 5.74) is 0.737. The zero-order valence-corrected chi connectivity index (χ0v) is 18.9. The standard InChI is InChI=1S/C20H22N4O5S2/c1-4-31(28,29)16-7-5-6-14(12-16)19(25)23(11-10-22(2)3)20-21-17-9-8-15(24(26)27)13-18(17)30-20/h5-9,12-13H,4,10-11H2,1-3H3. The molecular weight excluding hydrogens is 440 g/mol. The van der Waals surface area contributed by atoms with Gasteiger partial charge in [0.1, 0.15) is 0 Å². The third-order valence-electron chi connectivity index (χ3n) is 4.64. The fourth-order valence-electron chi connectivity index (χ4n) is 2.86. The fourth-order valence-corrected chi connectivity index (χ4v) is 4.81. The van der Waals surface area contributed by atoms with Crippen LogP contribution in [0, 0.1) is 10.1 Å². The lowest BCUT2D eigenvalue weighted by molar-refractivity contribution is -0.384. The second kappa shape index (κ2) is 9.08. The Morgan fingerprint density at radius 3 is 2.55 bits per heavy atom. The maximum absolute atomic E-state index is 13.3. The van der Waals surface area contributed by atoms with Gasteiger partial charge in [0.05, 0.1) is 25.8 Å². The number of sulfone groups is 1. The van der Waals surface area contributed by atoms with E-state index in [-0.39, 0.29) is 27.8 Å². The number of hydrogen-bond donors (Lipinski definition) is 0. The van der Waals surface area contributed by atoms with E-state index in [9.17, 15) is 23.3 Å². The molecule has 3 rings (SSSR count). The van der Waals surface area contributed by atoms with E-state index in [1.54, 1.807) is 25.1 Å². The van der Waals surface area contributed by atoms with Crippen LogP contribution in [0.1, 0.15) is 17.3 Å². The minimum absolute atomic E-state index is 0.0497. The van der Waals surface area contributed by atoms with Crippen LogP contribution in [0.25, 0.3) is 10.2 Å². The number of amides is 1. The van der Waals surface area contributed by atoms with E-state index >= 15 is 0 Å². The van der Waals surface area contributed by atoms with E-state index in [1.807, 2.05) is 19.0 Å². The van der Waals surface area contributed by atoms with Crippen LogP contribution in [0.4, 0.5) is 10.8 Å². The van der Waals surface area contributed by atoms with E-state index in [0.717, 1.165) is 0 Å². The van der Waals surface area contributed by atoms with Gasteiger partial charge in [0, 0.05) is 30.8 Å². The first-order valence-corrected chi connectivity index (χ1v) is 11.9. The molecule has 0 aliphatic carbocycles. The molecular formula is C20H22N4O5S2. The molecule has 0 saturated heterocycles. The van der Waals surface area contributed by atoms with Crippen molar-refractivity contribution in [2.24, 2.45) is 0 Å². The third-order valence-corrected chi connectivity index (χ3v) is 7.41. The summed E-state index contributed by atoms with van der Waals surface area (Å²) >= 11 is 1.18. The Balaban J connectivity index is 2.03. The number of fused-ring (bicyclic) bond motifs is 1. The maximum Gasteiger partial charge on any atom is 0.270 e. The number of thiazole rings is 1. The first-order chi connectivity index (χ1) is 14.6. The van der Waals surface area contributed by atoms with Crippen LogP contribution in [0.2, 0.25) is 0 Å². The summed E-state index contributed by atoms with van der Waals surface area (Å²) in [6, 6.07) is 10.3. The number of aromatic nitrogens is 1. The maximum atomic E-state index is 13.3. The zero-order chi connectivity index (χ0) is 22.8. The normalized spacial score (nSPS) is 11.7. The van der Waals surface area contributed by atoms with Crippen molar-refractivity contribution in [3.63, 3.8) is 0 Å². The molecule has 0 saturated carbocycles. The number of rotatable bonds is 8. The lowest BCUT2D eigenvalue weighted by Gasteiger charge is -2.22. The van der Waals surface area contributed by atoms with Gasteiger partial charge in [-0.05, 0) is 38.4 Å². The number of carbonyl (C=O) groups excluding carboxylic acids is 1. The number of nitro benzene ring substituents is 1. The summed E-state index contributed by atoms with van der Waals surface area (Å²) in [5.74, 6) is -0.449. The van der Waals surface area contributed by atoms with E-state index < -0.39 is 14.8 Å². The van der Waals surface area contributed by atoms with E-state index in [0.29, 0.717) is 28.4 Å². The lowest BCUT2D eigenvalue weighted by Crippen LogP contribution is -2.36. The summed E-state index contributed by atoms with van der Waals surface area (Å²) in [6.07, 6.45) is 0. The first-order valence-electron chi connectivity index (χ1n) is 9.47. The Hall–Kier alpha value is -2.89. The molecule has 0 atom stereocenters. The van der Waals surface area contributed by atoms with Crippen molar-refractivity contribution in [1.82, 2.24) is 9.88 Å². The highest BCUT2D eigenvalue weighted by Gasteiger charge is 2.23. The summed E-state index contributed by atoms with van der Waals surface area (Å²) in [5, 5.41) is 11.5. The molecule has 1 aromatic heterocycles. The van der Waals surface area contributed by atoms with Gasteiger partial charge in [-0.1, -0.05) is 24.3 Å². The first kappa shape index (κ1) is 22.8. The molecule has 1 heterocycles. The Morgan fingerprint density at radius 1 is 1.16 bits per heavy atom. The highest BCUT2D eigenvalue weighted by atomic mass is 32.2. The Bertz CT molecular complexity index is 1240. The van der Waals surface area contributed by atoms with Crippen molar-refractivity contribution in [3.05, 3.63) is 58.1 Å². The average molecular weight is 463 g/mol. The Kier molecular flexibility index (Phi) is 6.68. The highest BCUT2D eigenvalue weighted by molar-refractivity contribution is 7.91. The van der Waals surface area contributed by atoms with Crippen molar-refractivity contribution in [3.8, 4) is 0 Å². The van der Waals surface area contributed by atoms with Gasteiger partial charge in [-0.15, -0.1) is 0 Å². The second-order valence-electron chi connectivity index (χ2n) is 7.10. The second-order valence-corrected chi connectivity index (χ2v) is 10.4. The molecule has 0 spiro atoms. The van der Waals surface area contributed by atoms with Crippen molar-refractivity contribution >= 4 is 48.1 Å². The predicted molar refractivity (Wildman–Crippen MR) is 121 cm³/mol. The topological polar surface area (TPSA) is 114 Å². The largest absolute Gasteiger partial charge is 0.308 e. The van der Waals surface area contributed by atoms with E-state index in [1.165, 1.54) is 40.5 Å². The summed E-state index contributed by atoms with van der Waals surface area (Å²) in [7, 11) is 0.288. The molecule has 0 N–H and O–H groups in total. The zero-order valence-electron chi connectivity index (χ0n) is 17.3. The average Bonchev–Trinajstić information content (AvgIpc) is 3.16. The van der Waals surface area contributed by atoms with Crippen LogP contribution in [0.15, 0.2) is 47.4 Å². The van der Waals surface area contributed by atoms with Crippen molar-refractivity contribution in [1.29, 1.82) is 0 Å². The number of likely N-dealkylation sites (N-methyl/N-ethyl adjacent to an activating group) is 1. The van der Waals surface area contributed by atoms with Gasteiger partial charge < -0.3 is 4.90 Å². The summed E-state index contributed by atoms with van der Waals surface area (Å²) in [4.78, 5) is 31.9. The Morgan fingerprint density at radius 2 is 1.90 bits per heavy atom. The van der Waals surface area contributed by atoms with Crippen LogP contribution >= 0.6 is 11.3 Å². The van der Waals surface area contributed by atoms with E-state index in [4.69, 9.17) is 0 Å². The number of hydrogen-bond acceptors (Lipinski definition) is 8. The number of benzene rings is 2. The van der Waals surface area contributed by atoms with Gasteiger partial charge in [-0.2, -0.15) is 0 Å². The van der Waals surface area contributed by atoms with Gasteiger partial charge in [-0.25, -0.2) is 13.4 Å². The van der Waals surface area contributed by atoms with Gasteiger partial charge in [0.15, 0.2) is 15.0 Å². The molecule has 9 nitrogen and oxygen atoms in total. The fraction of sp³-hybridized carbons (Fsp3) is 0.300. The van der Waals surface area contributed by atoms with Crippen LogP contribution in [0.5, 0.6) is 0 Å². The highest BCUT2D eigenvalue weighted by Crippen LogP contribution is 2.32. The molecule has 31 heavy (non-hydrogen) atoms. The number of non-ortho nitro benzene ring substituents is 1. The number of nitro groups is 1. The molecule has 0 fully saturated rings. The van der Waals surface area contributed by atoms with Crippen LogP contribution in [-0.4, -0.2) is 62.1 Å². The molecule has 0 bridgehead atoms. The summed E-state index contributed by atoms with van der Waals surface area (Å²) in [6.45, 7) is 2.42. The molecule has 0 aliphatic rings. The van der Waals surface area contributed by atoms with Crippen molar-refractivity contribution < 1.29 is 18.1 Å². The SMILES string of the molecule is CCS(=O)(=O)c1cccc(C(=O)N(CCN(C)C)c2nc3ccc([N+](=O)[O-])cc3s2)c1. The monoisotopic (exact) mass is 462 g/mol. The van der Waals surface area contributed by atoms with Gasteiger partial charge in [-0.3, -0.25) is 19.8 Å². The molecule has 2 aromatic carbocycles. The van der Waals surface area contributed by atoms with Crippen LogP contribution in [-0.2, 0) is 9.84 Å². The third kappa shape index (κ3) is 5.06. The number of carbonyl (C=O) groups is 1. The molecule has 11 heteroatoms.